The van der Waals surface area contributed by atoms with Crippen LogP contribution in [0.1, 0.15) is 38.5 Å². The van der Waals surface area contributed by atoms with Gasteiger partial charge in [-0.15, -0.1) is 0 Å². The number of aromatic nitrogens is 4. The van der Waals surface area contributed by atoms with Crippen LogP contribution in [0.2, 0.25) is 5.15 Å². The zero-order chi connectivity index (χ0) is 19.8. The second-order valence-corrected chi connectivity index (χ2v) is 8.38. The van der Waals surface area contributed by atoms with Crippen molar-refractivity contribution >= 4 is 34.5 Å². The molecule has 0 saturated heterocycles. The van der Waals surface area contributed by atoms with E-state index in [0.29, 0.717) is 17.2 Å². The number of H-pyrrole nitrogens is 1. The highest BCUT2D eigenvalue weighted by Crippen LogP contribution is 2.32. The van der Waals surface area contributed by atoms with Gasteiger partial charge in [0.1, 0.15) is 16.5 Å². The van der Waals surface area contributed by atoms with Gasteiger partial charge in [-0.3, -0.25) is 9.78 Å². The van der Waals surface area contributed by atoms with Gasteiger partial charge in [0, 0.05) is 42.2 Å². The lowest BCUT2D eigenvalue weighted by molar-refractivity contribution is -0.123. The molecule has 3 heterocycles. The SMILES string of the molecule is O=C(NC1CCC(Nc2cc(-c3c[nH]c4nccnc34)cc(Cl)n2)CC1)C1CC1. The number of carbonyl (C=O) groups excluding carboxylic acids is 1. The van der Waals surface area contributed by atoms with E-state index < -0.39 is 0 Å². The van der Waals surface area contributed by atoms with Crippen LogP contribution in [0.25, 0.3) is 22.3 Å². The number of hydrogen-bond acceptors (Lipinski definition) is 5. The molecule has 0 atom stereocenters. The molecule has 0 unspecified atom stereocenters. The number of halogens is 1. The molecule has 7 nitrogen and oxygen atoms in total. The summed E-state index contributed by atoms with van der Waals surface area (Å²) >= 11 is 6.31. The number of nitrogens with zero attached hydrogens (tertiary/aromatic N) is 3. The van der Waals surface area contributed by atoms with E-state index in [4.69, 9.17) is 11.6 Å². The van der Waals surface area contributed by atoms with Gasteiger partial charge in [-0.25, -0.2) is 9.97 Å². The zero-order valence-electron chi connectivity index (χ0n) is 16.0. The van der Waals surface area contributed by atoms with Crippen LogP contribution in [0.5, 0.6) is 0 Å². The highest BCUT2D eigenvalue weighted by Gasteiger charge is 2.32. The fourth-order valence-electron chi connectivity index (χ4n) is 4.05. The lowest BCUT2D eigenvalue weighted by Crippen LogP contribution is -2.40. The Kier molecular flexibility index (Phi) is 4.83. The van der Waals surface area contributed by atoms with Crippen molar-refractivity contribution in [3.63, 3.8) is 0 Å². The monoisotopic (exact) mass is 410 g/mol. The molecule has 150 valence electrons. The summed E-state index contributed by atoms with van der Waals surface area (Å²) in [5.41, 5.74) is 3.46. The fourth-order valence-corrected chi connectivity index (χ4v) is 4.26. The largest absolute Gasteiger partial charge is 0.367 e. The van der Waals surface area contributed by atoms with Crippen LogP contribution in [0, 0.1) is 5.92 Å². The first-order chi connectivity index (χ1) is 14.2. The van der Waals surface area contributed by atoms with Gasteiger partial charge in [0.15, 0.2) is 5.65 Å². The number of pyridine rings is 1. The fraction of sp³-hybridized carbons (Fsp3) is 0.429. The topological polar surface area (TPSA) is 95.6 Å². The molecule has 0 aromatic carbocycles. The second kappa shape index (κ2) is 7.63. The highest BCUT2D eigenvalue weighted by atomic mass is 35.5. The molecule has 2 saturated carbocycles. The second-order valence-electron chi connectivity index (χ2n) is 8.00. The number of rotatable bonds is 5. The molecule has 3 aromatic rings. The minimum absolute atomic E-state index is 0.240. The molecule has 0 bridgehead atoms. The molecule has 2 fully saturated rings. The molecule has 29 heavy (non-hydrogen) atoms. The maximum atomic E-state index is 12.0. The molecular weight excluding hydrogens is 388 g/mol. The van der Waals surface area contributed by atoms with Crippen LogP contribution in [-0.4, -0.2) is 37.9 Å². The summed E-state index contributed by atoms with van der Waals surface area (Å²) in [6.07, 6.45) is 11.3. The predicted molar refractivity (Wildman–Crippen MR) is 113 cm³/mol. The van der Waals surface area contributed by atoms with Gasteiger partial charge in [-0.2, -0.15) is 0 Å². The number of carbonyl (C=O) groups is 1. The van der Waals surface area contributed by atoms with Crippen molar-refractivity contribution in [1.82, 2.24) is 25.3 Å². The van der Waals surface area contributed by atoms with Crippen molar-refractivity contribution in [3.8, 4) is 11.1 Å². The number of amides is 1. The molecule has 1 amide bonds. The molecule has 0 aliphatic heterocycles. The van der Waals surface area contributed by atoms with Crippen LogP contribution in [0.3, 0.4) is 0 Å². The van der Waals surface area contributed by atoms with E-state index in [0.717, 1.165) is 66.6 Å². The Hall–Kier alpha value is -2.67. The van der Waals surface area contributed by atoms with Crippen molar-refractivity contribution < 1.29 is 4.79 Å². The van der Waals surface area contributed by atoms with Crippen molar-refractivity contribution in [2.75, 3.05) is 5.32 Å². The average molecular weight is 411 g/mol. The summed E-state index contributed by atoms with van der Waals surface area (Å²) < 4.78 is 0. The summed E-state index contributed by atoms with van der Waals surface area (Å²) in [6.45, 7) is 0. The van der Waals surface area contributed by atoms with E-state index >= 15 is 0 Å². The first-order valence-electron chi connectivity index (χ1n) is 10.2. The maximum Gasteiger partial charge on any atom is 0.223 e. The molecule has 0 spiro atoms. The van der Waals surface area contributed by atoms with Gasteiger partial charge >= 0.3 is 0 Å². The summed E-state index contributed by atoms with van der Waals surface area (Å²) in [4.78, 5) is 28.3. The van der Waals surface area contributed by atoms with Crippen molar-refractivity contribution in [2.24, 2.45) is 5.92 Å². The molecule has 3 aromatic heterocycles. The highest BCUT2D eigenvalue weighted by molar-refractivity contribution is 6.29. The van der Waals surface area contributed by atoms with Crippen LogP contribution in [-0.2, 0) is 4.79 Å². The zero-order valence-corrected chi connectivity index (χ0v) is 16.7. The molecule has 0 radical (unpaired) electrons. The smallest absolute Gasteiger partial charge is 0.223 e. The van der Waals surface area contributed by atoms with E-state index in [1.807, 2.05) is 18.3 Å². The van der Waals surface area contributed by atoms with Gasteiger partial charge in [0.05, 0.1) is 0 Å². The number of nitrogens with one attached hydrogen (secondary N) is 3. The van der Waals surface area contributed by atoms with Crippen molar-refractivity contribution in [1.29, 1.82) is 0 Å². The molecule has 2 aliphatic carbocycles. The standard InChI is InChI=1S/C21H23ClN6O/c22-17-9-13(16-11-25-20-19(16)23-7-8-24-20)10-18(28-17)26-14-3-5-15(6-4-14)27-21(29)12-1-2-12/h7-12,14-15H,1-6H2,(H,24,25)(H,26,28)(H,27,29). The molecule has 3 N–H and O–H groups in total. The summed E-state index contributed by atoms with van der Waals surface area (Å²) in [5, 5.41) is 7.16. The van der Waals surface area contributed by atoms with E-state index in [2.05, 4.69) is 30.6 Å². The summed E-state index contributed by atoms with van der Waals surface area (Å²) in [7, 11) is 0. The van der Waals surface area contributed by atoms with E-state index in [1.165, 1.54) is 0 Å². The molecule has 5 rings (SSSR count). The van der Waals surface area contributed by atoms with Gasteiger partial charge in [0.2, 0.25) is 5.91 Å². The Morgan fingerprint density at radius 1 is 1.03 bits per heavy atom. The number of hydrogen-bond donors (Lipinski definition) is 3. The third-order valence-corrected chi connectivity index (χ3v) is 5.98. The quantitative estimate of drug-likeness (QED) is 0.554. The Morgan fingerprint density at radius 3 is 2.59 bits per heavy atom. The normalized spacial score (nSPS) is 21.8. The third kappa shape index (κ3) is 4.05. The van der Waals surface area contributed by atoms with Gasteiger partial charge in [-0.05, 0) is 56.2 Å². The minimum atomic E-state index is 0.240. The first-order valence-corrected chi connectivity index (χ1v) is 10.6. The maximum absolute atomic E-state index is 12.0. The molecule has 8 heteroatoms. The number of anilines is 1. The van der Waals surface area contributed by atoms with Crippen molar-refractivity contribution in [2.45, 2.75) is 50.6 Å². The van der Waals surface area contributed by atoms with Crippen molar-refractivity contribution in [3.05, 3.63) is 35.9 Å². The van der Waals surface area contributed by atoms with Crippen LogP contribution in [0.4, 0.5) is 5.82 Å². The van der Waals surface area contributed by atoms with Crippen LogP contribution in [0.15, 0.2) is 30.7 Å². The summed E-state index contributed by atoms with van der Waals surface area (Å²) in [6, 6.07) is 4.47. The summed E-state index contributed by atoms with van der Waals surface area (Å²) in [5.74, 6) is 1.27. The van der Waals surface area contributed by atoms with Gasteiger partial charge < -0.3 is 15.6 Å². The minimum Gasteiger partial charge on any atom is -0.367 e. The van der Waals surface area contributed by atoms with Gasteiger partial charge in [0.25, 0.3) is 0 Å². The lowest BCUT2D eigenvalue weighted by atomic mass is 9.91. The average Bonchev–Trinajstić information content (AvgIpc) is 3.48. The Balaban J connectivity index is 1.27. The molecular formula is C21H23ClN6O. The number of fused-ring (bicyclic) bond motifs is 1. The van der Waals surface area contributed by atoms with E-state index in [9.17, 15) is 4.79 Å². The lowest BCUT2D eigenvalue weighted by Gasteiger charge is -2.30. The predicted octanol–water partition coefficient (Wildman–Crippen LogP) is 3.92. The Morgan fingerprint density at radius 2 is 1.79 bits per heavy atom. The number of aromatic amines is 1. The van der Waals surface area contributed by atoms with Crippen LogP contribution < -0.4 is 10.6 Å². The Bertz CT molecular complexity index is 1040. The van der Waals surface area contributed by atoms with E-state index in [1.54, 1.807) is 12.4 Å². The first kappa shape index (κ1) is 18.4. The van der Waals surface area contributed by atoms with Gasteiger partial charge in [-0.1, -0.05) is 11.6 Å². The third-order valence-electron chi connectivity index (χ3n) is 5.79. The molecule has 2 aliphatic rings. The Labute approximate surface area is 173 Å². The van der Waals surface area contributed by atoms with E-state index in [-0.39, 0.29) is 11.8 Å². The van der Waals surface area contributed by atoms with Crippen LogP contribution >= 0.6 is 11.6 Å².